The van der Waals surface area contributed by atoms with E-state index in [0.717, 1.165) is 37.2 Å². The first-order valence-electron chi connectivity index (χ1n) is 10.9. The zero-order valence-corrected chi connectivity index (χ0v) is 18.1. The van der Waals surface area contributed by atoms with Gasteiger partial charge in [-0.2, -0.15) is 0 Å². The molecular formula is C25H27N3O4. The van der Waals surface area contributed by atoms with E-state index in [4.69, 9.17) is 9.72 Å². The Bertz CT molecular complexity index is 1120. The number of ether oxygens (including phenoxy) is 1. The van der Waals surface area contributed by atoms with Crippen molar-refractivity contribution in [2.24, 2.45) is 0 Å². The third kappa shape index (κ3) is 4.99. The zero-order chi connectivity index (χ0) is 22.5. The van der Waals surface area contributed by atoms with Crippen molar-refractivity contribution in [3.05, 3.63) is 59.7 Å². The maximum Gasteiger partial charge on any atom is 0.336 e. The number of amides is 1. The van der Waals surface area contributed by atoms with Crippen molar-refractivity contribution in [1.82, 2.24) is 4.98 Å². The largest absolute Gasteiger partial charge is 0.497 e. The first kappa shape index (κ1) is 21.6. The highest BCUT2D eigenvalue weighted by molar-refractivity contribution is 6.05. The second kappa shape index (κ2) is 9.68. The summed E-state index contributed by atoms with van der Waals surface area (Å²) in [4.78, 5) is 31.4. The van der Waals surface area contributed by atoms with Crippen molar-refractivity contribution in [2.75, 3.05) is 30.4 Å². The fraction of sp³-hybridized carbons (Fsp3) is 0.320. The van der Waals surface area contributed by atoms with Crippen LogP contribution in [0.25, 0.3) is 10.9 Å². The predicted molar refractivity (Wildman–Crippen MR) is 125 cm³/mol. The van der Waals surface area contributed by atoms with Crippen LogP contribution in [0, 0.1) is 0 Å². The molecule has 1 fully saturated rings. The number of fused-ring (bicyclic) bond motifs is 1. The van der Waals surface area contributed by atoms with Crippen molar-refractivity contribution in [1.29, 1.82) is 0 Å². The minimum atomic E-state index is -1.00. The second-order valence-electron chi connectivity index (χ2n) is 8.04. The summed E-state index contributed by atoms with van der Waals surface area (Å²) >= 11 is 0. The third-order valence-electron chi connectivity index (χ3n) is 5.76. The molecule has 0 bridgehead atoms. The van der Waals surface area contributed by atoms with E-state index >= 15 is 0 Å². The monoisotopic (exact) mass is 433 g/mol. The highest BCUT2D eigenvalue weighted by atomic mass is 16.5. The van der Waals surface area contributed by atoms with Crippen LogP contribution in [0.4, 0.5) is 11.5 Å². The van der Waals surface area contributed by atoms with Gasteiger partial charge in [0.15, 0.2) is 0 Å². The van der Waals surface area contributed by atoms with E-state index in [-0.39, 0.29) is 17.9 Å². The Hall–Kier alpha value is -3.61. The molecule has 3 aromatic rings. The summed E-state index contributed by atoms with van der Waals surface area (Å²) in [7, 11) is 1.60. The average molecular weight is 434 g/mol. The fourth-order valence-electron chi connectivity index (χ4n) is 4.06. The summed E-state index contributed by atoms with van der Waals surface area (Å²) in [6.45, 7) is 1.77. The van der Waals surface area contributed by atoms with Gasteiger partial charge < -0.3 is 20.1 Å². The molecule has 0 spiro atoms. The van der Waals surface area contributed by atoms with Gasteiger partial charge in [0.2, 0.25) is 5.91 Å². The van der Waals surface area contributed by atoms with Gasteiger partial charge in [0, 0.05) is 24.2 Å². The standard InChI is InChI=1S/C25H27N3O4/c1-32-19-9-6-17(7-10-19)14-24(29)26-18-8-11-22-20(15-18)21(25(30)31)16-23(27-22)28-12-4-2-3-5-13-28/h6-11,15-16H,2-5,12-14H2,1H3,(H,26,29)(H,30,31). The third-order valence-corrected chi connectivity index (χ3v) is 5.76. The number of carboxylic acids is 1. The van der Waals surface area contributed by atoms with Crippen LogP contribution in [0.15, 0.2) is 48.5 Å². The number of nitrogens with zero attached hydrogens (tertiary/aromatic N) is 2. The summed E-state index contributed by atoms with van der Waals surface area (Å²) in [6, 6.07) is 14.2. The fourth-order valence-corrected chi connectivity index (χ4v) is 4.06. The molecule has 0 atom stereocenters. The lowest BCUT2D eigenvalue weighted by atomic mass is 10.1. The summed E-state index contributed by atoms with van der Waals surface area (Å²) in [5.74, 6) is 0.251. The molecular weight excluding hydrogens is 406 g/mol. The van der Waals surface area contributed by atoms with E-state index < -0.39 is 5.97 Å². The molecule has 1 aliphatic rings. The highest BCUT2D eigenvalue weighted by Crippen LogP contribution is 2.27. The molecule has 4 rings (SSSR count). The average Bonchev–Trinajstić information content (AvgIpc) is 3.08. The molecule has 0 aliphatic carbocycles. The Morgan fingerprint density at radius 1 is 1.03 bits per heavy atom. The molecule has 1 aromatic heterocycles. The quantitative estimate of drug-likeness (QED) is 0.595. The van der Waals surface area contributed by atoms with Crippen LogP contribution in [0.3, 0.4) is 0 Å². The number of methoxy groups -OCH3 is 1. The SMILES string of the molecule is COc1ccc(CC(=O)Nc2ccc3nc(N4CCCCCC4)cc(C(=O)O)c3c2)cc1. The van der Waals surface area contributed by atoms with Crippen molar-refractivity contribution >= 4 is 34.3 Å². The van der Waals surface area contributed by atoms with E-state index in [1.165, 1.54) is 12.8 Å². The normalized spacial score (nSPS) is 14.1. The van der Waals surface area contributed by atoms with Gasteiger partial charge in [-0.3, -0.25) is 4.79 Å². The number of anilines is 2. The Kier molecular flexibility index (Phi) is 6.54. The molecule has 32 heavy (non-hydrogen) atoms. The maximum atomic E-state index is 12.5. The van der Waals surface area contributed by atoms with E-state index in [9.17, 15) is 14.7 Å². The number of carbonyl (C=O) groups is 2. The molecule has 2 N–H and O–H groups in total. The van der Waals surface area contributed by atoms with Crippen molar-refractivity contribution in [3.63, 3.8) is 0 Å². The maximum absolute atomic E-state index is 12.5. The molecule has 166 valence electrons. The van der Waals surface area contributed by atoms with Gasteiger partial charge in [0.25, 0.3) is 0 Å². The van der Waals surface area contributed by atoms with Gasteiger partial charge in [-0.1, -0.05) is 25.0 Å². The predicted octanol–water partition coefficient (Wildman–Crippen LogP) is 4.50. The van der Waals surface area contributed by atoms with Crippen molar-refractivity contribution < 1.29 is 19.4 Å². The second-order valence-corrected chi connectivity index (χ2v) is 8.04. The van der Waals surface area contributed by atoms with Gasteiger partial charge in [0.1, 0.15) is 11.6 Å². The van der Waals surface area contributed by atoms with Crippen LogP contribution >= 0.6 is 0 Å². The van der Waals surface area contributed by atoms with E-state index in [0.29, 0.717) is 22.4 Å². The molecule has 7 heteroatoms. The van der Waals surface area contributed by atoms with E-state index in [2.05, 4.69) is 10.2 Å². The first-order valence-corrected chi connectivity index (χ1v) is 10.9. The van der Waals surface area contributed by atoms with Crippen LogP contribution in [0.1, 0.15) is 41.6 Å². The highest BCUT2D eigenvalue weighted by Gasteiger charge is 2.18. The Balaban J connectivity index is 1.56. The minimum Gasteiger partial charge on any atom is -0.497 e. The molecule has 0 saturated carbocycles. The number of hydrogen-bond acceptors (Lipinski definition) is 5. The number of nitrogens with one attached hydrogen (secondary N) is 1. The summed E-state index contributed by atoms with van der Waals surface area (Å²) in [6.07, 6.45) is 4.76. The van der Waals surface area contributed by atoms with Crippen LogP contribution in [-0.4, -0.2) is 42.2 Å². The number of aromatic nitrogens is 1. The van der Waals surface area contributed by atoms with Gasteiger partial charge >= 0.3 is 5.97 Å². The number of aromatic carboxylic acids is 1. The first-order chi connectivity index (χ1) is 15.5. The molecule has 2 heterocycles. The molecule has 1 saturated heterocycles. The van der Waals surface area contributed by atoms with Gasteiger partial charge in [0.05, 0.1) is 24.6 Å². The molecule has 0 unspecified atom stereocenters. The smallest absolute Gasteiger partial charge is 0.336 e. The topological polar surface area (TPSA) is 91.8 Å². The van der Waals surface area contributed by atoms with Crippen LogP contribution in [0.5, 0.6) is 5.75 Å². The van der Waals surface area contributed by atoms with Gasteiger partial charge in [-0.25, -0.2) is 9.78 Å². The van der Waals surface area contributed by atoms with Crippen LogP contribution in [0.2, 0.25) is 0 Å². The van der Waals surface area contributed by atoms with E-state index in [1.54, 1.807) is 31.4 Å². The Morgan fingerprint density at radius 3 is 2.41 bits per heavy atom. The Morgan fingerprint density at radius 2 is 1.75 bits per heavy atom. The number of rotatable bonds is 6. The zero-order valence-electron chi connectivity index (χ0n) is 18.1. The molecule has 2 aromatic carbocycles. The van der Waals surface area contributed by atoms with Crippen molar-refractivity contribution in [2.45, 2.75) is 32.1 Å². The summed E-state index contributed by atoms with van der Waals surface area (Å²) < 4.78 is 5.14. The molecule has 1 amide bonds. The summed E-state index contributed by atoms with van der Waals surface area (Å²) in [5, 5.41) is 13.2. The molecule has 0 radical (unpaired) electrons. The molecule has 7 nitrogen and oxygen atoms in total. The minimum absolute atomic E-state index is 0.180. The lowest BCUT2D eigenvalue weighted by Gasteiger charge is -2.22. The van der Waals surface area contributed by atoms with E-state index in [1.807, 2.05) is 24.3 Å². The summed E-state index contributed by atoms with van der Waals surface area (Å²) in [5.41, 5.74) is 2.21. The van der Waals surface area contributed by atoms with Gasteiger partial charge in [-0.15, -0.1) is 0 Å². The van der Waals surface area contributed by atoms with Crippen LogP contribution < -0.4 is 15.0 Å². The van der Waals surface area contributed by atoms with Crippen molar-refractivity contribution in [3.8, 4) is 5.75 Å². The lowest BCUT2D eigenvalue weighted by Crippen LogP contribution is -2.25. The number of carboxylic acid groups (broad SMARTS) is 1. The van der Waals surface area contributed by atoms with Gasteiger partial charge in [-0.05, 0) is 54.8 Å². The Labute approximate surface area is 187 Å². The van der Waals surface area contributed by atoms with Crippen LogP contribution in [-0.2, 0) is 11.2 Å². The number of carbonyl (C=O) groups excluding carboxylic acids is 1. The number of hydrogen-bond donors (Lipinski definition) is 2. The lowest BCUT2D eigenvalue weighted by molar-refractivity contribution is -0.115. The number of pyridine rings is 1. The molecule has 1 aliphatic heterocycles. The number of benzene rings is 2.